The van der Waals surface area contributed by atoms with Crippen LogP contribution in [0, 0.1) is 0 Å². The highest BCUT2D eigenvalue weighted by molar-refractivity contribution is 5.92. The minimum absolute atomic E-state index is 0.0735. The molecule has 110 valence electrons. The van der Waals surface area contributed by atoms with Gasteiger partial charge in [0.2, 0.25) is 5.69 Å². The highest BCUT2D eigenvalue weighted by Crippen LogP contribution is 2.25. The molecule has 0 bridgehead atoms. The molecule has 1 aromatic heterocycles. The average Bonchev–Trinajstić information content (AvgIpc) is 2.55. The summed E-state index contributed by atoms with van der Waals surface area (Å²) in [5, 5.41) is 0. The second-order valence-electron chi connectivity index (χ2n) is 4.50. The second-order valence-corrected chi connectivity index (χ2v) is 4.50. The summed E-state index contributed by atoms with van der Waals surface area (Å²) in [5.74, 6) is 0.174. The molecule has 0 N–H and O–H groups in total. The Morgan fingerprint density at radius 1 is 0.955 bits per heavy atom. The Morgan fingerprint density at radius 3 is 2.27 bits per heavy atom. The number of ether oxygens (including phenoxy) is 2. The molecule has 0 saturated heterocycles. The van der Waals surface area contributed by atoms with E-state index in [9.17, 15) is 4.79 Å². The first kappa shape index (κ1) is 14.0. The van der Waals surface area contributed by atoms with Crippen molar-refractivity contribution in [2.45, 2.75) is 6.92 Å². The van der Waals surface area contributed by atoms with E-state index in [1.807, 2.05) is 36.4 Å². The van der Waals surface area contributed by atoms with Gasteiger partial charge in [0.25, 0.3) is 5.88 Å². The first-order valence-electron chi connectivity index (χ1n) is 6.94. The molecule has 22 heavy (non-hydrogen) atoms. The third kappa shape index (κ3) is 2.88. The van der Waals surface area contributed by atoms with Crippen LogP contribution in [0.1, 0.15) is 17.4 Å². The molecule has 0 spiro atoms. The van der Waals surface area contributed by atoms with Crippen LogP contribution in [0.5, 0.6) is 11.6 Å². The Bertz CT molecular complexity index is 803. The van der Waals surface area contributed by atoms with Gasteiger partial charge in [-0.05, 0) is 31.2 Å². The van der Waals surface area contributed by atoms with Crippen LogP contribution >= 0.6 is 0 Å². The number of hydrogen-bond donors (Lipinski definition) is 0. The molecular weight excluding hydrogens is 280 g/mol. The molecule has 5 nitrogen and oxygen atoms in total. The molecule has 2 aromatic carbocycles. The number of carbonyl (C=O) groups is 1. The van der Waals surface area contributed by atoms with Crippen molar-refractivity contribution in [2.75, 3.05) is 6.61 Å². The topological polar surface area (TPSA) is 61.3 Å². The van der Waals surface area contributed by atoms with E-state index in [0.717, 1.165) is 0 Å². The first-order valence-corrected chi connectivity index (χ1v) is 6.94. The van der Waals surface area contributed by atoms with E-state index in [-0.39, 0.29) is 18.2 Å². The maximum atomic E-state index is 12.1. The van der Waals surface area contributed by atoms with Crippen molar-refractivity contribution in [1.29, 1.82) is 0 Å². The van der Waals surface area contributed by atoms with Crippen molar-refractivity contribution in [3.8, 4) is 11.6 Å². The van der Waals surface area contributed by atoms with Crippen LogP contribution in [-0.2, 0) is 4.74 Å². The molecule has 0 radical (unpaired) electrons. The quantitative estimate of drug-likeness (QED) is 0.688. The van der Waals surface area contributed by atoms with Crippen molar-refractivity contribution < 1.29 is 14.3 Å². The largest absolute Gasteiger partial charge is 0.461 e. The molecule has 3 aromatic rings. The second kappa shape index (κ2) is 6.22. The van der Waals surface area contributed by atoms with Crippen molar-refractivity contribution in [1.82, 2.24) is 9.97 Å². The third-order valence-electron chi connectivity index (χ3n) is 2.97. The Labute approximate surface area is 127 Å². The van der Waals surface area contributed by atoms with Crippen LogP contribution in [0.15, 0.2) is 54.6 Å². The minimum atomic E-state index is -0.549. The number of rotatable bonds is 4. The van der Waals surface area contributed by atoms with Crippen LogP contribution in [0.4, 0.5) is 0 Å². The van der Waals surface area contributed by atoms with Gasteiger partial charge < -0.3 is 9.47 Å². The maximum absolute atomic E-state index is 12.1. The van der Waals surface area contributed by atoms with Crippen LogP contribution in [0.25, 0.3) is 11.0 Å². The molecular formula is C17H14N2O3. The number of para-hydroxylation sites is 3. The SMILES string of the molecule is CCOC(=O)c1nc2ccccc2nc1Oc1ccccc1. The van der Waals surface area contributed by atoms with Crippen LogP contribution in [-0.4, -0.2) is 22.5 Å². The van der Waals surface area contributed by atoms with Gasteiger partial charge >= 0.3 is 5.97 Å². The Morgan fingerprint density at radius 2 is 1.59 bits per heavy atom. The van der Waals surface area contributed by atoms with Gasteiger partial charge in [-0.2, -0.15) is 0 Å². The summed E-state index contributed by atoms with van der Waals surface area (Å²) in [5.41, 5.74) is 1.34. The zero-order chi connectivity index (χ0) is 15.4. The van der Waals surface area contributed by atoms with Crippen molar-refractivity contribution in [3.05, 3.63) is 60.3 Å². The summed E-state index contributed by atoms with van der Waals surface area (Å²) in [6, 6.07) is 16.4. The lowest BCUT2D eigenvalue weighted by atomic mass is 10.3. The van der Waals surface area contributed by atoms with Crippen LogP contribution < -0.4 is 4.74 Å². The van der Waals surface area contributed by atoms with E-state index < -0.39 is 5.97 Å². The molecule has 3 rings (SSSR count). The summed E-state index contributed by atoms with van der Waals surface area (Å²) in [4.78, 5) is 20.8. The zero-order valence-electron chi connectivity index (χ0n) is 12.0. The smallest absolute Gasteiger partial charge is 0.362 e. The lowest BCUT2D eigenvalue weighted by Crippen LogP contribution is -2.10. The molecule has 0 atom stereocenters. The number of fused-ring (bicyclic) bond motifs is 1. The average molecular weight is 294 g/mol. The molecule has 5 heteroatoms. The van der Waals surface area contributed by atoms with Crippen molar-refractivity contribution >= 4 is 17.0 Å². The van der Waals surface area contributed by atoms with Gasteiger partial charge in [-0.25, -0.2) is 14.8 Å². The first-order chi connectivity index (χ1) is 10.8. The fraction of sp³-hybridized carbons (Fsp3) is 0.118. The number of nitrogens with zero attached hydrogens (tertiary/aromatic N) is 2. The summed E-state index contributed by atoms with van der Waals surface area (Å²) in [6.07, 6.45) is 0. The van der Waals surface area contributed by atoms with Gasteiger partial charge in [-0.15, -0.1) is 0 Å². The fourth-order valence-electron chi connectivity index (χ4n) is 1.99. The molecule has 0 fully saturated rings. The maximum Gasteiger partial charge on any atom is 0.362 e. The summed E-state index contributed by atoms with van der Waals surface area (Å²) >= 11 is 0. The fourth-order valence-corrected chi connectivity index (χ4v) is 1.99. The highest BCUT2D eigenvalue weighted by atomic mass is 16.5. The lowest BCUT2D eigenvalue weighted by molar-refractivity contribution is 0.0516. The van der Waals surface area contributed by atoms with Crippen LogP contribution in [0.3, 0.4) is 0 Å². The highest BCUT2D eigenvalue weighted by Gasteiger charge is 2.19. The standard InChI is InChI=1S/C17H14N2O3/c1-2-21-17(20)15-16(22-12-8-4-3-5-9-12)19-14-11-7-6-10-13(14)18-15/h3-11H,2H2,1H3. The summed E-state index contributed by atoms with van der Waals surface area (Å²) < 4.78 is 10.7. The molecule has 0 amide bonds. The predicted molar refractivity (Wildman–Crippen MR) is 82.0 cm³/mol. The summed E-state index contributed by atoms with van der Waals surface area (Å²) in [6.45, 7) is 2.00. The van der Waals surface area contributed by atoms with Gasteiger partial charge in [0.05, 0.1) is 17.6 Å². The molecule has 0 aliphatic heterocycles. The van der Waals surface area contributed by atoms with Gasteiger partial charge in [0.15, 0.2) is 0 Å². The van der Waals surface area contributed by atoms with E-state index in [1.54, 1.807) is 25.1 Å². The summed E-state index contributed by atoms with van der Waals surface area (Å²) in [7, 11) is 0. The normalized spacial score (nSPS) is 10.4. The number of esters is 1. The zero-order valence-corrected chi connectivity index (χ0v) is 12.0. The number of aromatic nitrogens is 2. The van der Waals surface area contributed by atoms with Crippen molar-refractivity contribution in [3.63, 3.8) is 0 Å². The third-order valence-corrected chi connectivity index (χ3v) is 2.97. The molecule has 0 unspecified atom stereocenters. The van der Waals surface area contributed by atoms with E-state index in [4.69, 9.17) is 9.47 Å². The number of hydrogen-bond acceptors (Lipinski definition) is 5. The van der Waals surface area contributed by atoms with Gasteiger partial charge in [0, 0.05) is 0 Å². The van der Waals surface area contributed by atoms with E-state index in [0.29, 0.717) is 16.8 Å². The molecule has 1 heterocycles. The van der Waals surface area contributed by atoms with Gasteiger partial charge in [-0.1, -0.05) is 30.3 Å². The van der Waals surface area contributed by atoms with E-state index >= 15 is 0 Å². The van der Waals surface area contributed by atoms with Gasteiger partial charge in [-0.3, -0.25) is 0 Å². The predicted octanol–water partition coefficient (Wildman–Crippen LogP) is 3.60. The Hall–Kier alpha value is -2.95. The minimum Gasteiger partial charge on any atom is -0.461 e. The Balaban J connectivity index is 2.08. The van der Waals surface area contributed by atoms with E-state index in [2.05, 4.69) is 9.97 Å². The monoisotopic (exact) mass is 294 g/mol. The number of carbonyl (C=O) groups excluding carboxylic acids is 1. The molecule has 0 saturated carbocycles. The lowest BCUT2D eigenvalue weighted by Gasteiger charge is -2.10. The Kier molecular flexibility index (Phi) is 3.96. The van der Waals surface area contributed by atoms with Crippen LogP contribution in [0.2, 0.25) is 0 Å². The van der Waals surface area contributed by atoms with Crippen molar-refractivity contribution in [2.24, 2.45) is 0 Å². The van der Waals surface area contributed by atoms with Gasteiger partial charge in [0.1, 0.15) is 5.75 Å². The molecule has 0 aliphatic carbocycles. The number of benzene rings is 2. The van der Waals surface area contributed by atoms with E-state index in [1.165, 1.54) is 0 Å². The molecule has 0 aliphatic rings.